The number of hydrogen-bond acceptors (Lipinski definition) is 6. The summed E-state index contributed by atoms with van der Waals surface area (Å²) in [5.41, 5.74) is 5.16. The first-order valence-electron chi connectivity index (χ1n) is 21.4. The Balaban J connectivity index is 1.30. The molecule has 0 saturated heterocycles. The van der Waals surface area contributed by atoms with E-state index in [0.717, 1.165) is 17.9 Å². The van der Waals surface area contributed by atoms with E-state index in [4.69, 9.17) is 18.9 Å². The van der Waals surface area contributed by atoms with Crippen molar-refractivity contribution in [2.45, 2.75) is 108 Å². The van der Waals surface area contributed by atoms with Crippen molar-refractivity contribution in [1.29, 1.82) is 0 Å². The summed E-state index contributed by atoms with van der Waals surface area (Å²) in [7, 11) is 0. The van der Waals surface area contributed by atoms with E-state index in [9.17, 15) is 9.59 Å². The summed E-state index contributed by atoms with van der Waals surface area (Å²) in [6.07, 6.45) is 4.64. The molecule has 0 fully saturated rings. The van der Waals surface area contributed by atoms with Gasteiger partial charge in [0.1, 0.15) is 33.9 Å². The van der Waals surface area contributed by atoms with Gasteiger partial charge in [0.15, 0.2) is 11.6 Å². The molecule has 6 nitrogen and oxygen atoms in total. The van der Waals surface area contributed by atoms with Gasteiger partial charge in [-0.2, -0.15) is 0 Å². The SMILES string of the molecule is C=CC(=O)C(C)(C)OCCC(C)(C)Oc1ccc(C2(c3ccc(OC(C)(C)CCOC(C)(C)C(=O)C=C)cc3)CC(c3ccc(-c4ccccc4)cc3)c3ccccc32)cc1. The second kappa shape index (κ2) is 18.2. The highest BCUT2D eigenvalue weighted by atomic mass is 16.5. The molecule has 1 aliphatic rings. The van der Waals surface area contributed by atoms with E-state index in [1.54, 1.807) is 27.7 Å². The maximum atomic E-state index is 12.3. The van der Waals surface area contributed by atoms with Crippen LogP contribution in [0, 0.1) is 0 Å². The molecule has 0 radical (unpaired) electrons. The van der Waals surface area contributed by atoms with Crippen molar-refractivity contribution in [3.05, 3.63) is 181 Å². The Morgan fingerprint density at radius 1 is 0.574 bits per heavy atom. The number of carbonyl (C=O) groups excluding carboxylic acids is 2. The summed E-state index contributed by atoms with van der Waals surface area (Å²) in [4.78, 5) is 24.5. The number of rotatable bonds is 20. The second-order valence-corrected chi connectivity index (χ2v) is 18.4. The zero-order valence-corrected chi connectivity index (χ0v) is 37.3. The average molecular weight is 819 g/mol. The van der Waals surface area contributed by atoms with E-state index >= 15 is 0 Å². The molecule has 0 spiro atoms. The minimum absolute atomic E-state index is 0.147. The van der Waals surface area contributed by atoms with Crippen LogP contribution in [0.4, 0.5) is 0 Å². The minimum atomic E-state index is -0.937. The first kappa shape index (κ1) is 45.0. The first-order valence-corrected chi connectivity index (χ1v) is 21.4. The number of ketones is 2. The van der Waals surface area contributed by atoms with Crippen molar-refractivity contribution in [3.8, 4) is 22.6 Å². The van der Waals surface area contributed by atoms with Crippen LogP contribution in [0.2, 0.25) is 0 Å². The molecular weight excluding hydrogens is 757 g/mol. The fourth-order valence-corrected chi connectivity index (χ4v) is 8.36. The number of benzene rings is 5. The van der Waals surface area contributed by atoms with Gasteiger partial charge in [0.2, 0.25) is 0 Å². The summed E-state index contributed by atoms with van der Waals surface area (Å²) in [5.74, 6) is 1.38. The number of ether oxygens (including phenoxy) is 4. The molecule has 1 atom stereocenters. The third-order valence-corrected chi connectivity index (χ3v) is 12.1. The molecule has 1 unspecified atom stereocenters. The van der Waals surface area contributed by atoms with Gasteiger partial charge in [0, 0.05) is 24.2 Å². The van der Waals surface area contributed by atoms with E-state index in [0.29, 0.717) is 26.1 Å². The lowest BCUT2D eigenvalue weighted by Crippen LogP contribution is -2.37. The summed E-state index contributed by atoms with van der Waals surface area (Å²) in [5, 5.41) is 0. The maximum Gasteiger partial charge on any atom is 0.186 e. The van der Waals surface area contributed by atoms with Crippen LogP contribution in [0.3, 0.4) is 0 Å². The molecule has 5 aromatic rings. The van der Waals surface area contributed by atoms with Crippen LogP contribution in [0.1, 0.15) is 108 Å². The topological polar surface area (TPSA) is 71.1 Å². The number of hydrogen-bond donors (Lipinski definition) is 0. The molecule has 0 heterocycles. The van der Waals surface area contributed by atoms with Gasteiger partial charge in [0.05, 0.1) is 13.2 Å². The molecule has 6 heteroatoms. The highest BCUT2D eigenvalue weighted by Gasteiger charge is 2.47. The number of carbonyl (C=O) groups is 2. The van der Waals surface area contributed by atoms with Crippen molar-refractivity contribution in [2.75, 3.05) is 13.2 Å². The van der Waals surface area contributed by atoms with Gasteiger partial charge in [-0.15, -0.1) is 0 Å². The summed E-state index contributed by atoms with van der Waals surface area (Å²) in [6, 6.07) is 45.5. The van der Waals surface area contributed by atoms with E-state index in [1.807, 2.05) is 33.8 Å². The van der Waals surface area contributed by atoms with Crippen LogP contribution < -0.4 is 9.47 Å². The van der Waals surface area contributed by atoms with Crippen LogP contribution in [0.5, 0.6) is 11.5 Å². The molecular formula is C55H62O6. The van der Waals surface area contributed by atoms with Crippen molar-refractivity contribution in [2.24, 2.45) is 0 Å². The average Bonchev–Trinajstić information content (AvgIpc) is 3.59. The van der Waals surface area contributed by atoms with E-state index < -0.39 is 27.8 Å². The summed E-state index contributed by atoms with van der Waals surface area (Å²) in [6.45, 7) is 23.2. The van der Waals surface area contributed by atoms with Crippen LogP contribution in [-0.4, -0.2) is 47.2 Å². The zero-order chi connectivity index (χ0) is 44.1. The van der Waals surface area contributed by atoms with Gasteiger partial charge in [0.25, 0.3) is 0 Å². The molecule has 0 saturated carbocycles. The third-order valence-electron chi connectivity index (χ3n) is 12.1. The Bertz CT molecular complexity index is 2200. The fourth-order valence-electron chi connectivity index (χ4n) is 8.36. The molecule has 0 aromatic heterocycles. The normalized spacial score (nSPS) is 15.1. The largest absolute Gasteiger partial charge is 0.488 e. The second-order valence-electron chi connectivity index (χ2n) is 18.4. The minimum Gasteiger partial charge on any atom is -0.488 e. The van der Waals surface area contributed by atoms with Crippen molar-refractivity contribution >= 4 is 11.6 Å². The van der Waals surface area contributed by atoms with Gasteiger partial charge in [-0.05, 0) is 137 Å². The summed E-state index contributed by atoms with van der Waals surface area (Å²) >= 11 is 0. The lowest BCUT2D eigenvalue weighted by molar-refractivity contribution is -0.136. The Kier molecular flexibility index (Phi) is 13.4. The molecule has 318 valence electrons. The predicted octanol–water partition coefficient (Wildman–Crippen LogP) is 12.4. The monoisotopic (exact) mass is 818 g/mol. The number of fused-ring (bicyclic) bond motifs is 1. The van der Waals surface area contributed by atoms with Crippen LogP contribution >= 0.6 is 0 Å². The van der Waals surface area contributed by atoms with Crippen LogP contribution in [-0.2, 0) is 24.5 Å². The molecule has 5 aromatic carbocycles. The Morgan fingerprint density at radius 2 is 1.00 bits per heavy atom. The Morgan fingerprint density at radius 3 is 1.46 bits per heavy atom. The first-order chi connectivity index (χ1) is 28.9. The molecule has 6 rings (SSSR count). The summed E-state index contributed by atoms with van der Waals surface area (Å²) < 4.78 is 25.0. The smallest absolute Gasteiger partial charge is 0.186 e. The lowest BCUT2D eigenvalue weighted by Gasteiger charge is -2.34. The van der Waals surface area contributed by atoms with E-state index in [-0.39, 0.29) is 17.5 Å². The van der Waals surface area contributed by atoms with Gasteiger partial charge in [-0.3, -0.25) is 9.59 Å². The molecule has 61 heavy (non-hydrogen) atoms. The zero-order valence-electron chi connectivity index (χ0n) is 37.3. The van der Waals surface area contributed by atoms with Crippen molar-refractivity contribution in [1.82, 2.24) is 0 Å². The van der Waals surface area contributed by atoms with Crippen molar-refractivity contribution in [3.63, 3.8) is 0 Å². The highest BCUT2D eigenvalue weighted by Crippen LogP contribution is 2.56. The van der Waals surface area contributed by atoms with Gasteiger partial charge < -0.3 is 18.9 Å². The van der Waals surface area contributed by atoms with Gasteiger partial charge in [-0.1, -0.05) is 116 Å². The third kappa shape index (κ3) is 10.3. The van der Waals surface area contributed by atoms with Crippen molar-refractivity contribution < 1.29 is 28.5 Å². The molecule has 0 bridgehead atoms. The molecule has 0 amide bonds. The lowest BCUT2D eigenvalue weighted by atomic mass is 9.69. The standard InChI is InChI=1S/C55H62O6/c1-11-49(56)53(7,8)58-36-34-51(3,4)60-44-30-26-42(27-31-44)55(43-28-32-45(33-29-43)61-52(5,6)35-37-59-54(9,10)50(57)12-2)38-47(46-20-16-17-21-48(46)55)41-24-22-40(23-25-41)39-18-14-13-15-19-39/h11-33,47H,1-2,34-38H2,3-10H3. The van der Waals surface area contributed by atoms with Gasteiger partial charge >= 0.3 is 0 Å². The predicted molar refractivity (Wildman–Crippen MR) is 247 cm³/mol. The molecule has 0 N–H and O–H groups in total. The quantitative estimate of drug-likeness (QED) is 0.0729. The van der Waals surface area contributed by atoms with Crippen LogP contribution in [0.15, 0.2) is 153 Å². The van der Waals surface area contributed by atoms with E-state index in [1.165, 1.54) is 51.1 Å². The Labute approximate surface area is 363 Å². The van der Waals surface area contributed by atoms with E-state index in [2.05, 4.69) is 134 Å². The highest BCUT2D eigenvalue weighted by molar-refractivity contribution is 5.96. The Hall–Kier alpha value is -5.56. The maximum absolute atomic E-state index is 12.3. The fraction of sp³-hybridized carbons (Fsp3) is 0.345. The van der Waals surface area contributed by atoms with Gasteiger partial charge in [-0.25, -0.2) is 0 Å². The molecule has 0 aliphatic heterocycles. The van der Waals surface area contributed by atoms with Crippen LogP contribution in [0.25, 0.3) is 11.1 Å². The molecule has 1 aliphatic carbocycles.